The zero-order valence-electron chi connectivity index (χ0n) is 18.9. The molecule has 4 rings (SSSR count). The minimum absolute atomic E-state index is 0.0606. The molecule has 1 aliphatic rings. The molecule has 1 fully saturated rings. The normalized spacial score (nSPS) is 18.0. The number of hydrogen-bond acceptors (Lipinski definition) is 8. The van der Waals surface area contributed by atoms with Gasteiger partial charge in [0, 0.05) is 35.6 Å². The molecule has 8 heteroatoms. The Morgan fingerprint density at radius 2 is 1.87 bits per heavy atom. The van der Waals surface area contributed by atoms with Gasteiger partial charge in [-0.05, 0) is 58.7 Å². The fourth-order valence-electron chi connectivity index (χ4n) is 4.72. The van der Waals surface area contributed by atoms with Crippen molar-refractivity contribution in [2.75, 3.05) is 19.1 Å². The fraction of sp³-hybridized carbons (Fsp3) is 0.478. The van der Waals surface area contributed by atoms with Gasteiger partial charge in [0.25, 0.3) is 0 Å². The zero-order chi connectivity index (χ0) is 22.4. The highest BCUT2D eigenvalue weighted by molar-refractivity contribution is 7.18. The van der Waals surface area contributed by atoms with E-state index >= 15 is 0 Å². The van der Waals surface area contributed by atoms with Crippen LogP contribution in [0, 0.1) is 11.3 Å². The van der Waals surface area contributed by atoms with Crippen molar-refractivity contribution in [1.82, 2.24) is 20.5 Å². The van der Waals surface area contributed by atoms with Gasteiger partial charge in [-0.25, -0.2) is 4.98 Å². The second kappa shape index (κ2) is 7.74. The van der Waals surface area contributed by atoms with Crippen molar-refractivity contribution in [3.63, 3.8) is 0 Å². The maximum Gasteiger partial charge on any atom is 0.208 e. The highest BCUT2D eigenvalue weighted by atomic mass is 32.1. The summed E-state index contributed by atoms with van der Waals surface area (Å²) in [6, 6.07) is 9.93. The van der Waals surface area contributed by atoms with Gasteiger partial charge in [0.2, 0.25) is 5.13 Å². The Balaban J connectivity index is 1.67. The highest BCUT2D eigenvalue weighted by Gasteiger charge is 2.39. The van der Waals surface area contributed by atoms with Crippen LogP contribution in [0.25, 0.3) is 21.5 Å². The predicted octanol–water partition coefficient (Wildman–Crippen LogP) is 4.38. The molecule has 3 aromatic rings. The Bertz CT molecular complexity index is 1150. The average molecular weight is 437 g/mol. The number of hydrogen-bond donors (Lipinski definition) is 1. The van der Waals surface area contributed by atoms with E-state index in [0.29, 0.717) is 17.5 Å². The van der Waals surface area contributed by atoms with Crippen LogP contribution in [-0.4, -0.2) is 46.5 Å². The molecule has 1 N–H and O–H groups in total. The summed E-state index contributed by atoms with van der Waals surface area (Å²) in [5, 5.41) is 24.5. The van der Waals surface area contributed by atoms with E-state index in [1.165, 1.54) is 0 Å². The fourth-order valence-corrected chi connectivity index (χ4v) is 5.61. The topological polar surface area (TPSA) is 87.0 Å². The SMILES string of the molecule is COc1cc2nc(C#N)ccc2cc1-c1nnc(N(C)C2CC(C)(C)NC(C)(C)C2)s1. The number of nitrogens with zero attached hydrogens (tertiary/aromatic N) is 5. The summed E-state index contributed by atoms with van der Waals surface area (Å²) < 4.78 is 5.62. The van der Waals surface area contributed by atoms with Gasteiger partial charge in [-0.15, -0.1) is 10.2 Å². The first-order chi connectivity index (χ1) is 14.6. The van der Waals surface area contributed by atoms with Crippen molar-refractivity contribution in [2.45, 2.75) is 57.7 Å². The van der Waals surface area contributed by atoms with E-state index in [1.54, 1.807) is 24.5 Å². The molecule has 0 saturated carbocycles. The van der Waals surface area contributed by atoms with Crippen molar-refractivity contribution < 1.29 is 4.74 Å². The number of nitrogens with one attached hydrogen (secondary N) is 1. The lowest BCUT2D eigenvalue weighted by molar-refractivity contribution is 0.161. The van der Waals surface area contributed by atoms with Crippen LogP contribution >= 0.6 is 11.3 Å². The third kappa shape index (κ3) is 4.34. The molecular formula is C23H28N6OS. The molecule has 0 radical (unpaired) electrons. The monoisotopic (exact) mass is 436 g/mol. The second-order valence-electron chi connectivity index (χ2n) is 9.51. The van der Waals surface area contributed by atoms with Crippen LogP contribution < -0.4 is 15.0 Å². The largest absolute Gasteiger partial charge is 0.496 e. The highest BCUT2D eigenvalue weighted by Crippen LogP contribution is 2.39. The van der Waals surface area contributed by atoms with Crippen LogP contribution in [0.1, 0.15) is 46.2 Å². The summed E-state index contributed by atoms with van der Waals surface area (Å²) in [6.45, 7) is 9.02. The number of pyridine rings is 1. The molecule has 0 amide bonds. The third-order valence-corrected chi connectivity index (χ3v) is 6.83. The second-order valence-corrected chi connectivity index (χ2v) is 10.5. The molecule has 162 valence electrons. The van der Waals surface area contributed by atoms with Crippen molar-refractivity contribution in [3.8, 4) is 22.4 Å². The lowest BCUT2D eigenvalue weighted by atomic mass is 9.79. The quantitative estimate of drug-likeness (QED) is 0.649. The standard InChI is InChI=1S/C23H28N6OS/c1-22(2)11-16(12-23(3,4)28-22)29(5)21-27-26-20(31-21)17-9-14-7-8-15(13-24)25-18(14)10-19(17)30-6/h7-10,16,28H,11-12H2,1-6H3. The van der Waals surface area contributed by atoms with Crippen LogP contribution in [-0.2, 0) is 0 Å². The molecule has 2 aromatic heterocycles. The molecule has 0 aliphatic carbocycles. The molecule has 0 bridgehead atoms. The van der Waals surface area contributed by atoms with E-state index in [-0.39, 0.29) is 11.1 Å². The molecule has 7 nitrogen and oxygen atoms in total. The number of nitriles is 1. The Kier molecular flexibility index (Phi) is 5.36. The zero-order valence-corrected chi connectivity index (χ0v) is 19.7. The van der Waals surface area contributed by atoms with Gasteiger partial charge in [-0.3, -0.25) is 0 Å². The molecule has 3 heterocycles. The summed E-state index contributed by atoms with van der Waals surface area (Å²) in [4.78, 5) is 6.63. The Hall–Kier alpha value is -2.76. The minimum atomic E-state index is 0.0606. The number of rotatable bonds is 4. The van der Waals surface area contributed by atoms with E-state index < -0.39 is 0 Å². The number of methoxy groups -OCH3 is 1. The lowest BCUT2D eigenvalue weighted by Gasteiger charge is -2.48. The number of aromatic nitrogens is 3. The van der Waals surface area contributed by atoms with Gasteiger partial charge in [0.05, 0.1) is 18.2 Å². The number of fused-ring (bicyclic) bond motifs is 1. The first-order valence-electron chi connectivity index (χ1n) is 10.4. The molecular weight excluding hydrogens is 408 g/mol. The van der Waals surface area contributed by atoms with E-state index in [0.717, 1.165) is 39.4 Å². The summed E-state index contributed by atoms with van der Waals surface area (Å²) in [5.41, 5.74) is 2.11. The van der Waals surface area contributed by atoms with Crippen LogP contribution in [0.4, 0.5) is 5.13 Å². The summed E-state index contributed by atoms with van der Waals surface area (Å²) in [7, 11) is 3.74. The predicted molar refractivity (Wildman–Crippen MR) is 125 cm³/mol. The van der Waals surface area contributed by atoms with Crippen molar-refractivity contribution in [3.05, 3.63) is 30.0 Å². The molecule has 0 unspecified atom stereocenters. The van der Waals surface area contributed by atoms with Crippen molar-refractivity contribution >= 4 is 27.4 Å². The van der Waals surface area contributed by atoms with Crippen molar-refractivity contribution in [1.29, 1.82) is 5.26 Å². The van der Waals surface area contributed by atoms with E-state index in [2.05, 4.69) is 66.2 Å². The van der Waals surface area contributed by atoms with Crippen LogP contribution in [0.2, 0.25) is 0 Å². The summed E-state index contributed by atoms with van der Waals surface area (Å²) >= 11 is 1.56. The Labute approximate surface area is 187 Å². The summed E-state index contributed by atoms with van der Waals surface area (Å²) in [6.07, 6.45) is 2.07. The van der Waals surface area contributed by atoms with Gasteiger partial charge in [-0.1, -0.05) is 11.3 Å². The molecule has 1 aliphatic heterocycles. The lowest BCUT2D eigenvalue weighted by Crippen LogP contribution is -2.61. The van der Waals surface area contributed by atoms with Gasteiger partial charge < -0.3 is 15.0 Å². The first kappa shape index (κ1) is 21.5. The molecule has 1 saturated heterocycles. The molecule has 1 aromatic carbocycles. The van der Waals surface area contributed by atoms with E-state index in [9.17, 15) is 0 Å². The van der Waals surface area contributed by atoms with Gasteiger partial charge >= 0.3 is 0 Å². The van der Waals surface area contributed by atoms with Crippen LogP contribution in [0.3, 0.4) is 0 Å². The number of piperidine rings is 1. The van der Waals surface area contributed by atoms with E-state index in [4.69, 9.17) is 10.00 Å². The maximum atomic E-state index is 9.11. The Morgan fingerprint density at radius 3 is 2.52 bits per heavy atom. The molecule has 0 atom stereocenters. The van der Waals surface area contributed by atoms with Gasteiger partial charge in [0.1, 0.15) is 17.5 Å². The van der Waals surface area contributed by atoms with Gasteiger partial charge in [-0.2, -0.15) is 5.26 Å². The summed E-state index contributed by atoms with van der Waals surface area (Å²) in [5.74, 6) is 0.671. The number of benzene rings is 1. The van der Waals surface area contributed by atoms with Crippen molar-refractivity contribution in [2.24, 2.45) is 0 Å². The number of ether oxygens (including phenoxy) is 1. The average Bonchev–Trinajstić information content (AvgIpc) is 3.19. The van der Waals surface area contributed by atoms with Crippen LogP contribution in [0.15, 0.2) is 24.3 Å². The third-order valence-electron chi connectivity index (χ3n) is 5.79. The molecule has 0 spiro atoms. The minimum Gasteiger partial charge on any atom is -0.496 e. The van der Waals surface area contributed by atoms with Gasteiger partial charge in [0.15, 0.2) is 5.01 Å². The molecule has 31 heavy (non-hydrogen) atoms. The van der Waals surface area contributed by atoms with Crippen LogP contribution in [0.5, 0.6) is 5.75 Å². The Morgan fingerprint density at radius 1 is 1.16 bits per heavy atom. The first-order valence-corrected chi connectivity index (χ1v) is 11.2. The van der Waals surface area contributed by atoms with E-state index in [1.807, 2.05) is 18.2 Å². The maximum absolute atomic E-state index is 9.11. The smallest absolute Gasteiger partial charge is 0.208 e. The number of anilines is 1.